The quantitative estimate of drug-likeness (QED) is 0.894. The Kier molecular flexibility index (Phi) is 3.93. The summed E-state index contributed by atoms with van der Waals surface area (Å²) in [5, 5.41) is 9.80. The van der Waals surface area contributed by atoms with Crippen LogP contribution in [0.15, 0.2) is 24.3 Å². The first-order chi connectivity index (χ1) is 8.54. The maximum absolute atomic E-state index is 9.80. The molecule has 1 aliphatic heterocycles. The van der Waals surface area contributed by atoms with Gasteiger partial charge in [-0.3, -0.25) is 0 Å². The summed E-state index contributed by atoms with van der Waals surface area (Å²) in [6.07, 6.45) is 0.402. The van der Waals surface area contributed by atoms with Gasteiger partial charge < -0.3 is 14.7 Å². The summed E-state index contributed by atoms with van der Waals surface area (Å²) >= 11 is 0. The van der Waals surface area contributed by atoms with Crippen molar-refractivity contribution in [2.45, 2.75) is 38.8 Å². The van der Waals surface area contributed by atoms with Crippen molar-refractivity contribution in [3.8, 4) is 0 Å². The van der Waals surface area contributed by atoms with E-state index in [9.17, 15) is 5.11 Å². The molecule has 1 aliphatic rings. The molecule has 1 saturated heterocycles. The van der Waals surface area contributed by atoms with Gasteiger partial charge in [-0.15, -0.1) is 0 Å². The number of nitrogens with zero attached hydrogens (tertiary/aromatic N) is 1. The summed E-state index contributed by atoms with van der Waals surface area (Å²) in [7, 11) is 0. The molecular formula is C15H23NO2. The second-order valence-corrected chi connectivity index (χ2v) is 5.53. The molecule has 2 rings (SSSR count). The number of hydrogen-bond donors (Lipinski definition) is 1. The molecule has 3 nitrogen and oxygen atoms in total. The molecule has 0 bridgehead atoms. The van der Waals surface area contributed by atoms with E-state index in [1.807, 2.05) is 19.1 Å². The Bertz CT molecular complexity index is 386. The largest absolute Gasteiger partial charge is 0.388 e. The van der Waals surface area contributed by atoms with Crippen LogP contribution in [0.2, 0.25) is 0 Å². The number of rotatable bonds is 3. The minimum absolute atomic E-state index is 0.0309. The summed E-state index contributed by atoms with van der Waals surface area (Å²) in [5.41, 5.74) is 2.23. The highest BCUT2D eigenvalue weighted by Crippen LogP contribution is 2.28. The molecule has 0 spiro atoms. The van der Waals surface area contributed by atoms with Gasteiger partial charge in [-0.05, 0) is 38.0 Å². The zero-order chi connectivity index (χ0) is 13.2. The van der Waals surface area contributed by atoms with Crippen LogP contribution in [-0.2, 0) is 4.74 Å². The minimum Gasteiger partial charge on any atom is -0.388 e. The molecule has 1 aromatic carbocycles. The Morgan fingerprint density at radius 2 is 2.00 bits per heavy atom. The first-order valence-electron chi connectivity index (χ1n) is 6.68. The highest BCUT2D eigenvalue weighted by atomic mass is 16.5. The molecule has 1 unspecified atom stereocenters. The Labute approximate surface area is 109 Å². The standard InChI is InChI=1S/C15H23NO2/c1-4-14(17)12-5-7-13(8-6-12)16-9-10-18-11-15(16,2)3/h5-8,14,17H,4,9-11H2,1-3H3. The Balaban J connectivity index is 2.18. The molecule has 1 aromatic rings. The van der Waals surface area contributed by atoms with Gasteiger partial charge >= 0.3 is 0 Å². The van der Waals surface area contributed by atoms with Gasteiger partial charge in [-0.25, -0.2) is 0 Å². The molecule has 0 aliphatic carbocycles. The summed E-state index contributed by atoms with van der Waals surface area (Å²) in [6, 6.07) is 8.24. The van der Waals surface area contributed by atoms with Crippen LogP contribution in [0.1, 0.15) is 38.9 Å². The number of aliphatic hydroxyl groups is 1. The number of hydrogen-bond acceptors (Lipinski definition) is 3. The summed E-state index contributed by atoms with van der Waals surface area (Å²) < 4.78 is 5.53. The summed E-state index contributed by atoms with van der Waals surface area (Å²) in [4.78, 5) is 2.37. The third-order valence-corrected chi connectivity index (χ3v) is 3.62. The predicted molar refractivity (Wildman–Crippen MR) is 73.9 cm³/mol. The molecule has 1 N–H and O–H groups in total. The van der Waals surface area contributed by atoms with Crippen molar-refractivity contribution in [3.63, 3.8) is 0 Å². The van der Waals surface area contributed by atoms with Crippen molar-refractivity contribution >= 4 is 5.69 Å². The van der Waals surface area contributed by atoms with Crippen LogP contribution in [0.25, 0.3) is 0 Å². The van der Waals surface area contributed by atoms with E-state index in [-0.39, 0.29) is 11.6 Å². The highest BCUT2D eigenvalue weighted by Gasteiger charge is 2.30. The van der Waals surface area contributed by atoms with Gasteiger partial charge in [0.25, 0.3) is 0 Å². The first-order valence-corrected chi connectivity index (χ1v) is 6.68. The predicted octanol–water partition coefficient (Wildman–Crippen LogP) is 2.75. The molecule has 0 radical (unpaired) electrons. The Morgan fingerprint density at radius 1 is 1.33 bits per heavy atom. The van der Waals surface area contributed by atoms with Gasteiger partial charge in [-0.1, -0.05) is 19.1 Å². The van der Waals surface area contributed by atoms with Crippen LogP contribution in [0, 0.1) is 0 Å². The van der Waals surface area contributed by atoms with Crippen LogP contribution in [0.3, 0.4) is 0 Å². The van der Waals surface area contributed by atoms with Crippen molar-refractivity contribution in [1.82, 2.24) is 0 Å². The number of anilines is 1. The average Bonchev–Trinajstić information content (AvgIpc) is 2.37. The zero-order valence-corrected chi connectivity index (χ0v) is 11.5. The fourth-order valence-electron chi connectivity index (χ4n) is 2.45. The lowest BCUT2D eigenvalue weighted by atomic mass is 10.00. The minimum atomic E-state index is -0.350. The smallest absolute Gasteiger partial charge is 0.0787 e. The lowest BCUT2D eigenvalue weighted by molar-refractivity contribution is 0.0644. The topological polar surface area (TPSA) is 32.7 Å². The normalized spacial score (nSPS) is 20.8. The van der Waals surface area contributed by atoms with Crippen LogP contribution in [0.4, 0.5) is 5.69 Å². The van der Waals surface area contributed by atoms with E-state index < -0.39 is 0 Å². The van der Waals surface area contributed by atoms with E-state index in [0.717, 1.165) is 31.7 Å². The first kappa shape index (κ1) is 13.4. The van der Waals surface area contributed by atoms with E-state index >= 15 is 0 Å². The molecule has 3 heteroatoms. The van der Waals surface area contributed by atoms with Gasteiger partial charge in [0, 0.05) is 12.2 Å². The van der Waals surface area contributed by atoms with Crippen molar-refractivity contribution < 1.29 is 9.84 Å². The van der Waals surface area contributed by atoms with Gasteiger partial charge in [-0.2, -0.15) is 0 Å². The van der Waals surface area contributed by atoms with E-state index in [0.29, 0.717) is 0 Å². The molecule has 0 saturated carbocycles. The molecule has 0 amide bonds. The van der Waals surface area contributed by atoms with Crippen molar-refractivity contribution in [3.05, 3.63) is 29.8 Å². The third kappa shape index (κ3) is 2.68. The van der Waals surface area contributed by atoms with Gasteiger partial charge in [0.2, 0.25) is 0 Å². The summed E-state index contributed by atoms with van der Waals surface area (Å²) in [5.74, 6) is 0. The maximum Gasteiger partial charge on any atom is 0.0787 e. The van der Waals surface area contributed by atoms with Gasteiger partial charge in [0.15, 0.2) is 0 Å². The number of benzene rings is 1. The lowest BCUT2D eigenvalue weighted by Crippen LogP contribution is -2.53. The molecule has 18 heavy (non-hydrogen) atoms. The van der Waals surface area contributed by atoms with Crippen LogP contribution in [0.5, 0.6) is 0 Å². The van der Waals surface area contributed by atoms with Crippen LogP contribution < -0.4 is 4.90 Å². The average molecular weight is 249 g/mol. The van der Waals surface area contributed by atoms with E-state index in [2.05, 4.69) is 30.9 Å². The molecule has 0 aromatic heterocycles. The van der Waals surface area contributed by atoms with Gasteiger partial charge in [0.05, 0.1) is 24.9 Å². The SMILES string of the molecule is CCC(O)c1ccc(N2CCOCC2(C)C)cc1. The van der Waals surface area contributed by atoms with Crippen LogP contribution >= 0.6 is 0 Å². The number of aliphatic hydroxyl groups excluding tert-OH is 1. The molecular weight excluding hydrogens is 226 g/mol. The van der Waals surface area contributed by atoms with Crippen molar-refractivity contribution in [2.24, 2.45) is 0 Å². The van der Waals surface area contributed by atoms with Crippen molar-refractivity contribution in [2.75, 3.05) is 24.7 Å². The molecule has 100 valence electrons. The van der Waals surface area contributed by atoms with E-state index in [1.165, 1.54) is 5.69 Å². The molecule has 1 atom stereocenters. The Hall–Kier alpha value is -1.06. The van der Waals surface area contributed by atoms with E-state index in [4.69, 9.17) is 4.74 Å². The number of ether oxygens (including phenoxy) is 1. The number of morpholine rings is 1. The van der Waals surface area contributed by atoms with Crippen LogP contribution in [-0.4, -0.2) is 30.4 Å². The highest BCUT2D eigenvalue weighted by molar-refractivity contribution is 5.50. The second-order valence-electron chi connectivity index (χ2n) is 5.53. The van der Waals surface area contributed by atoms with Crippen molar-refractivity contribution in [1.29, 1.82) is 0 Å². The molecule has 1 heterocycles. The van der Waals surface area contributed by atoms with Gasteiger partial charge in [0.1, 0.15) is 0 Å². The molecule has 1 fully saturated rings. The van der Waals surface area contributed by atoms with E-state index in [1.54, 1.807) is 0 Å². The fourth-order valence-corrected chi connectivity index (χ4v) is 2.45. The second kappa shape index (κ2) is 5.29. The monoisotopic (exact) mass is 249 g/mol. The maximum atomic E-state index is 9.80. The third-order valence-electron chi connectivity index (χ3n) is 3.62. The lowest BCUT2D eigenvalue weighted by Gasteiger charge is -2.43. The summed E-state index contributed by atoms with van der Waals surface area (Å²) in [6.45, 7) is 8.84. The Morgan fingerprint density at radius 3 is 2.56 bits per heavy atom. The fraction of sp³-hybridized carbons (Fsp3) is 0.600. The zero-order valence-electron chi connectivity index (χ0n) is 11.5.